The van der Waals surface area contributed by atoms with Crippen LogP contribution in [-0.4, -0.2) is 10.2 Å². The van der Waals surface area contributed by atoms with Crippen molar-refractivity contribution >= 4 is 11.6 Å². The van der Waals surface area contributed by atoms with E-state index in [4.69, 9.17) is 17.3 Å². The Bertz CT molecular complexity index is 481. The molecule has 0 atom stereocenters. The number of halogens is 2. The molecule has 5 heteroatoms. The van der Waals surface area contributed by atoms with Crippen LogP contribution in [-0.2, 0) is 6.54 Å². The molecule has 15 heavy (non-hydrogen) atoms. The molecular weight excluding hydrogens is 217 g/mol. The fourth-order valence-electron chi connectivity index (χ4n) is 1.27. The molecule has 0 spiro atoms. The Morgan fingerprint density at radius 2 is 2.20 bits per heavy atom. The Kier molecular flexibility index (Phi) is 2.70. The molecule has 1 aromatic carbocycles. The molecule has 0 saturated carbocycles. The van der Waals surface area contributed by atoms with E-state index in [1.54, 1.807) is 12.1 Å². The molecule has 3 N–H and O–H groups in total. The predicted octanol–water partition coefficient (Wildman–Crippen LogP) is 2.33. The highest BCUT2D eigenvalue weighted by Gasteiger charge is 2.06. The van der Waals surface area contributed by atoms with Crippen LogP contribution in [0.25, 0.3) is 11.3 Å². The van der Waals surface area contributed by atoms with Crippen molar-refractivity contribution in [1.29, 1.82) is 0 Å². The van der Waals surface area contributed by atoms with Crippen molar-refractivity contribution in [2.45, 2.75) is 6.54 Å². The summed E-state index contributed by atoms with van der Waals surface area (Å²) < 4.78 is 13.2. The van der Waals surface area contributed by atoms with Gasteiger partial charge in [-0.25, -0.2) is 4.39 Å². The highest BCUT2D eigenvalue weighted by atomic mass is 35.5. The van der Waals surface area contributed by atoms with Crippen molar-refractivity contribution in [3.63, 3.8) is 0 Å². The molecule has 2 aromatic rings. The lowest BCUT2D eigenvalue weighted by atomic mass is 10.1. The van der Waals surface area contributed by atoms with Crippen LogP contribution in [0.4, 0.5) is 4.39 Å². The van der Waals surface area contributed by atoms with E-state index in [-0.39, 0.29) is 5.02 Å². The third-order valence-electron chi connectivity index (χ3n) is 2.07. The second-order valence-electron chi connectivity index (χ2n) is 3.11. The van der Waals surface area contributed by atoms with Crippen LogP contribution >= 0.6 is 11.6 Å². The molecule has 0 saturated heterocycles. The van der Waals surface area contributed by atoms with Crippen LogP contribution in [0.15, 0.2) is 24.3 Å². The van der Waals surface area contributed by atoms with Gasteiger partial charge in [-0.1, -0.05) is 17.7 Å². The summed E-state index contributed by atoms with van der Waals surface area (Å²) in [6.07, 6.45) is 0. The number of hydrogen-bond acceptors (Lipinski definition) is 2. The third-order valence-corrected chi connectivity index (χ3v) is 2.37. The first kappa shape index (κ1) is 10.1. The zero-order valence-electron chi connectivity index (χ0n) is 7.80. The van der Waals surface area contributed by atoms with E-state index < -0.39 is 5.82 Å². The van der Waals surface area contributed by atoms with Gasteiger partial charge >= 0.3 is 0 Å². The Hall–Kier alpha value is -1.39. The first-order valence-electron chi connectivity index (χ1n) is 4.40. The minimum atomic E-state index is -0.452. The minimum Gasteiger partial charge on any atom is -0.325 e. The Morgan fingerprint density at radius 3 is 2.80 bits per heavy atom. The number of rotatable bonds is 2. The molecule has 3 nitrogen and oxygen atoms in total. The molecule has 2 rings (SSSR count). The lowest BCUT2D eigenvalue weighted by molar-refractivity contribution is 0.628. The van der Waals surface area contributed by atoms with E-state index in [9.17, 15) is 4.39 Å². The molecule has 0 bridgehead atoms. The standard InChI is InChI=1S/C10H9ClFN3/c11-8-2-1-6(3-9(8)12)10-4-7(5-13)14-15-10/h1-4H,5,13H2,(H,14,15). The fraction of sp³-hybridized carbons (Fsp3) is 0.100. The van der Waals surface area contributed by atoms with Crippen molar-refractivity contribution in [3.8, 4) is 11.3 Å². The molecule has 0 aliphatic rings. The van der Waals surface area contributed by atoms with Gasteiger partial charge in [0.25, 0.3) is 0 Å². The summed E-state index contributed by atoms with van der Waals surface area (Å²) >= 11 is 5.58. The van der Waals surface area contributed by atoms with E-state index >= 15 is 0 Å². The number of nitrogens with one attached hydrogen (secondary N) is 1. The van der Waals surface area contributed by atoms with Crippen molar-refractivity contribution < 1.29 is 4.39 Å². The number of hydrogen-bond donors (Lipinski definition) is 2. The number of aromatic nitrogens is 2. The number of nitrogens with two attached hydrogens (primary N) is 1. The first-order chi connectivity index (χ1) is 7.20. The summed E-state index contributed by atoms with van der Waals surface area (Å²) in [5.74, 6) is -0.452. The Morgan fingerprint density at radius 1 is 1.40 bits per heavy atom. The van der Waals surface area contributed by atoms with Crippen LogP contribution in [0.5, 0.6) is 0 Å². The van der Waals surface area contributed by atoms with Gasteiger partial charge in [0.05, 0.1) is 10.7 Å². The van der Waals surface area contributed by atoms with E-state index in [1.807, 2.05) is 0 Å². The van der Waals surface area contributed by atoms with Crippen molar-refractivity contribution in [2.24, 2.45) is 5.73 Å². The molecule has 1 aromatic heterocycles. The SMILES string of the molecule is NCc1cc(-c2ccc(Cl)c(F)c2)n[nH]1. The van der Waals surface area contributed by atoms with Gasteiger partial charge in [-0.3, -0.25) is 5.10 Å². The highest BCUT2D eigenvalue weighted by molar-refractivity contribution is 6.30. The molecule has 1 heterocycles. The van der Waals surface area contributed by atoms with Gasteiger partial charge in [0.1, 0.15) is 5.82 Å². The molecule has 0 aliphatic heterocycles. The van der Waals surface area contributed by atoms with E-state index in [1.165, 1.54) is 12.1 Å². The Labute approximate surface area is 91.1 Å². The average molecular weight is 226 g/mol. The van der Waals surface area contributed by atoms with Crippen LogP contribution < -0.4 is 5.73 Å². The molecule has 0 amide bonds. The Balaban J connectivity index is 2.40. The smallest absolute Gasteiger partial charge is 0.142 e. The first-order valence-corrected chi connectivity index (χ1v) is 4.78. The summed E-state index contributed by atoms with van der Waals surface area (Å²) in [5, 5.41) is 6.88. The zero-order chi connectivity index (χ0) is 10.8. The summed E-state index contributed by atoms with van der Waals surface area (Å²) in [4.78, 5) is 0. The molecule has 0 fully saturated rings. The second-order valence-corrected chi connectivity index (χ2v) is 3.52. The second kappa shape index (κ2) is 4.00. The molecule has 78 valence electrons. The van der Waals surface area contributed by atoms with Crippen molar-refractivity contribution in [1.82, 2.24) is 10.2 Å². The summed E-state index contributed by atoms with van der Waals surface area (Å²) in [6, 6.07) is 6.34. The zero-order valence-corrected chi connectivity index (χ0v) is 8.55. The monoisotopic (exact) mass is 225 g/mol. The highest BCUT2D eigenvalue weighted by Crippen LogP contribution is 2.23. The topological polar surface area (TPSA) is 54.7 Å². The number of H-pyrrole nitrogens is 1. The summed E-state index contributed by atoms with van der Waals surface area (Å²) in [7, 11) is 0. The van der Waals surface area contributed by atoms with Crippen LogP contribution in [0.3, 0.4) is 0 Å². The maximum Gasteiger partial charge on any atom is 0.142 e. The minimum absolute atomic E-state index is 0.105. The number of benzene rings is 1. The van der Waals surface area contributed by atoms with E-state index in [0.29, 0.717) is 17.8 Å². The molecule has 0 unspecified atom stereocenters. The maximum absolute atomic E-state index is 13.2. The summed E-state index contributed by atoms with van der Waals surface area (Å²) in [6.45, 7) is 0.378. The quantitative estimate of drug-likeness (QED) is 0.824. The van der Waals surface area contributed by atoms with Crippen molar-refractivity contribution in [3.05, 3.63) is 40.8 Å². The van der Waals surface area contributed by atoms with E-state index in [2.05, 4.69) is 10.2 Å². The lowest BCUT2D eigenvalue weighted by Crippen LogP contribution is -1.95. The third kappa shape index (κ3) is 2.00. The van der Waals surface area contributed by atoms with Gasteiger partial charge in [-0.15, -0.1) is 0 Å². The average Bonchev–Trinajstić information content (AvgIpc) is 2.70. The molecule has 0 aliphatic carbocycles. The van der Waals surface area contributed by atoms with Gasteiger partial charge in [0.15, 0.2) is 0 Å². The lowest BCUT2D eigenvalue weighted by Gasteiger charge is -1.97. The maximum atomic E-state index is 13.2. The number of nitrogens with zero attached hydrogens (tertiary/aromatic N) is 1. The van der Waals surface area contributed by atoms with Crippen LogP contribution in [0.2, 0.25) is 5.02 Å². The largest absolute Gasteiger partial charge is 0.325 e. The van der Waals surface area contributed by atoms with E-state index in [0.717, 1.165) is 5.69 Å². The van der Waals surface area contributed by atoms with Gasteiger partial charge in [0, 0.05) is 17.8 Å². The summed E-state index contributed by atoms with van der Waals surface area (Å²) in [5.41, 5.74) is 7.57. The van der Waals surface area contributed by atoms with Gasteiger partial charge in [-0.05, 0) is 18.2 Å². The predicted molar refractivity (Wildman–Crippen MR) is 56.9 cm³/mol. The molecule has 0 radical (unpaired) electrons. The molecular formula is C10H9ClFN3. The normalized spacial score (nSPS) is 10.6. The van der Waals surface area contributed by atoms with Crippen LogP contribution in [0.1, 0.15) is 5.69 Å². The fourth-order valence-corrected chi connectivity index (χ4v) is 1.39. The van der Waals surface area contributed by atoms with Crippen molar-refractivity contribution in [2.75, 3.05) is 0 Å². The van der Waals surface area contributed by atoms with Gasteiger partial charge in [0.2, 0.25) is 0 Å². The number of aromatic amines is 1. The van der Waals surface area contributed by atoms with Gasteiger partial charge in [-0.2, -0.15) is 5.10 Å². The van der Waals surface area contributed by atoms with Crippen LogP contribution in [0, 0.1) is 5.82 Å². The van der Waals surface area contributed by atoms with Gasteiger partial charge < -0.3 is 5.73 Å².